The van der Waals surface area contributed by atoms with Crippen molar-refractivity contribution in [2.45, 2.75) is 51.0 Å². The van der Waals surface area contributed by atoms with E-state index in [0.717, 1.165) is 46.4 Å². The zero-order chi connectivity index (χ0) is 18.6. The Hall–Kier alpha value is -2.01. The van der Waals surface area contributed by atoms with E-state index >= 15 is 0 Å². The standard InChI is InChI=1S/C20H24O4S/c1-12-13(2)19-16(10-11-20(3,4)24-19)17(18(12)21)14-6-8-15(9-7-14)25(5,22)23/h6-9,21H,10-11H2,1-5H3. The Morgan fingerprint density at radius 1 is 1.08 bits per heavy atom. The van der Waals surface area contributed by atoms with Gasteiger partial charge in [0.2, 0.25) is 0 Å². The van der Waals surface area contributed by atoms with E-state index in [1.54, 1.807) is 24.3 Å². The zero-order valence-electron chi connectivity index (χ0n) is 15.3. The van der Waals surface area contributed by atoms with Crippen molar-refractivity contribution in [3.05, 3.63) is 41.0 Å². The van der Waals surface area contributed by atoms with Crippen molar-refractivity contribution in [2.24, 2.45) is 0 Å². The number of sulfone groups is 1. The lowest BCUT2D eigenvalue weighted by molar-refractivity contribution is 0.0836. The number of rotatable bonds is 2. The SMILES string of the molecule is Cc1c(C)c2c(c(-c3ccc(S(C)(=O)=O)cc3)c1O)CCC(C)(C)O2. The molecule has 2 aromatic rings. The summed E-state index contributed by atoms with van der Waals surface area (Å²) in [6.45, 7) is 7.98. The second-order valence-electron chi connectivity index (χ2n) is 7.44. The maximum Gasteiger partial charge on any atom is 0.175 e. The fourth-order valence-electron chi connectivity index (χ4n) is 3.33. The summed E-state index contributed by atoms with van der Waals surface area (Å²) >= 11 is 0. The van der Waals surface area contributed by atoms with Crippen molar-refractivity contribution in [2.75, 3.05) is 6.26 Å². The third-order valence-electron chi connectivity index (χ3n) is 5.00. The Labute approximate surface area is 149 Å². The molecular weight excluding hydrogens is 336 g/mol. The van der Waals surface area contributed by atoms with Crippen LogP contribution in [-0.2, 0) is 16.3 Å². The summed E-state index contributed by atoms with van der Waals surface area (Å²) in [5, 5.41) is 10.8. The predicted molar refractivity (Wildman–Crippen MR) is 99.2 cm³/mol. The Bertz CT molecular complexity index is 939. The molecule has 0 aromatic heterocycles. The van der Waals surface area contributed by atoms with Crippen molar-refractivity contribution in [1.29, 1.82) is 0 Å². The average molecular weight is 360 g/mol. The van der Waals surface area contributed by atoms with E-state index in [-0.39, 0.29) is 16.2 Å². The summed E-state index contributed by atoms with van der Waals surface area (Å²) < 4.78 is 29.6. The van der Waals surface area contributed by atoms with E-state index < -0.39 is 9.84 Å². The van der Waals surface area contributed by atoms with Crippen LogP contribution >= 0.6 is 0 Å². The first-order chi connectivity index (χ1) is 11.5. The first-order valence-electron chi connectivity index (χ1n) is 8.36. The van der Waals surface area contributed by atoms with Crippen LogP contribution in [0.3, 0.4) is 0 Å². The summed E-state index contributed by atoms with van der Waals surface area (Å²) in [4.78, 5) is 0.269. The number of benzene rings is 2. The highest BCUT2D eigenvalue weighted by Crippen LogP contribution is 2.47. The van der Waals surface area contributed by atoms with Gasteiger partial charge in [-0.3, -0.25) is 0 Å². The largest absolute Gasteiger partial charge is 0.507 e. The Balaban J connectivity index is 2.22. The van der Waals surface area contributed by atoms with E-state index in [0.29, 0.717) is 0 Å². The molecule has 25 heavy (non-hydrogen) atoms. The number of phenols is 1. The maximum atomic E-state index is 11.7. The molecule has 0 unspecified atom stereocenters. The van der Waals surface area contributed by atoms with Crippen LogP contribution in [0.4, 0.5) is 0 Å². The molecule has 0 spiro atoms. The van der Waals surface area contributed by atoms with E-state index in [2.05, 4.69) is 13.8 Å². The monoisotopic (exact) mass is 360 g/mol. The number of aromatic hydroxyl groups is 1. The Morgan fingerprint density at radius 2 is 1.68 bits per heavy atom. The van der Waals surface area contributed by atoms with E-state index in [4.69, 9.17) is 4.74 Å². The molecule has 0 amide bonds. The molecule has 0 saturated heterocycles. The van der Waals surface area contributed by atoms with Gasteiger partial charge in [0, 0.05) is 17.4 Å². The van der Waals surface area contributed by atoms with Crippen LogP contribution < -0.4 is 4.74 Å². The number of hydrogen-bond donors (Lipinski definition) is 1. The van der Waals surface area contributed by atoms with Crippen molar-refractivity contribution >= 4 is 9.84 Å². The van der Waals surface area contributed by atoms with Gasteiger partial charge in [-0.1, -0.05) is 12.1 Å². The number of fused-ring (bicyclic) bond motifs is 1. The van der Waals surface area contributed by atoms with Gasteiger partial charge in [-0.2, -0.15) is 0 Å². The second kappa shape index (κ2) is 5.77. The fraction of sp³-hybridized carbons (Fsp3) is 0.400. The van der Waals surface area contributed by atoms with Crippen LogP contribution in [-0.4, -0.2) is 25.4 Å². The van der Waals surface area contributed by atoms with Gasteiger partial charge in [0.1, 0.15) is 17.1 Å². The zero-order valence-corrected chi connectivity index (χ0v) is 16.1. The van der Waals surface area contributed by atoms with Crippen LogP contribution in [0.25, 0.3) is 11.1 Å². The molecule has 4 nitrogen and oxygen atoms in total. The van der Waals surface area contributed by atoms with Gasteiger partial charge in [0.15, 0.2) is 9.84 Å². The van der Waals surface area contributed by atoms with Crippen molar-refractivity contribution in [1.82, 2.24) is 0 Å². The van der Waals surface area contributed by atoms with Crippen LogP contribution in [0.1, 0.15) is 37.0 Å². The maximum absolute atomic E-state index is 11.7. The van der Waals surface area contributed by atoms with Crippen LogP contribution in [0.15, 0.2) is 29.2 Å². The van der Waals surface area contributed by atoms with E-state index in [1.165, 1.54) is 6.26 Å². The van der Waals surface area contributed by atoms with E-state index in [9.17, 15) is 13.5 Å². The predicted octanol–water partition coefficient (Wildman–Crippen LogP) is 4.18. The van der Waals surface area contributed by atoms with Crippen LogP contribution in [0, 0.1) is 13.8 Å². The number of ether oxygens (including phenoxy) is 1. The minimum Gasteiger partial charge on any atom is -0.507 e. The van der Waals surface area contributed by atoms with Crippen LogP contribution in [0.5, 0.6) is 11.5 Å². The van der Waals surface area contributed by atoms with Crippen molar-refractivity contribution in [3.63, 3.8) is 0 Å². The molecule has 1 aliphatic rings. The second-order valence-corrected chi connectivity index (χ2v) is 9.46. The normalized spacial score (nSPS) is 16.2. The third kappa shape index (κ3) is 3.13. The van der Waals surface area contributed by atoms with Gasteiger partial charge < -0.3 is 9.84 Å². The highest BCUT2D eigenvalue weighted by molar-refractivity contribution is 7.90. The van der Waals surface area contributed by atoms with Gasteiger partial charge in [-0.05, 0) is 69.4 Å². The molecule has 134 valence electrons. The lowest BCUT2D eigenvalue weighted by Gasteiger charge is -2.35. The minimum atomic E-state index is -3.25. The molecular formula is C20H24O4S. The van der Waals surface area contributed by atoms with Gasteiger partial charge in [-0.25, -0.2) is 8.42 Å². The molecule has 2 aromatic carbocycles. The van der Waals surface area contributed by atoms with Gasteiger partial charge >= 0.3 is 0 Å². The summed E-state index contributed by atoms with van der Waals surface area (Å²) in [7, 11) is -3.25. The smallest absolute Gasteiger partial charge is 0.175 e. The highest BCUT2D eigenvalue weighted by atomic mass is 32.2. The van der Waals surface area contributed by atoms with Crippen molar-refractivity contribution in [3.8, 4) is 22.6 Å². The summed E-state index contributed by atoms with van der Waals surface area (Å²) in [5.41, 5.74) is 4.04. The first-order valence-corrected chi connectivity index (χ1v) is 10.2. The summed E-state index contributed by atoms with van der Waals surface area (Å²) in [5.74, 6) is 1.08. The highest BCUT2D eigenvalue weighted by Gasteiger charge is 2.32. The Kier molecular flexibility index (Phi) is 4.11. The van der Waals surface area contributed by atoms with Gasteiger partial charge in [0.25, 0.3) is 0 Å². The summed E-state index contributed by atoms with van der Waals surface area (Å²) in [6.07, 6.45) is 2.85. The molecule has 3 rings (SSSR count). The van der Waals surface area contributed by atoms with E-state index in [1.807, 2.05) is 13.8 Å². The Morgan fingerprint density at radius 3 is 2.24 bits per heavy atom. The van der Waals surface area contributed by atoms with Gasteiger partial charge in [0.05, 0.1) is 4.90 Å². The molecule has 5 heteroatoms. The average Bonchev–Trinajstić information content (AvgIpc) is 2.53. The van der Waals surface area contributed by atoms with Crippen LogP contribution in [0.2, 0.25) is 0 Å². The molecule has 0 aliphatic carbocycles. The fourth-order valence-corrected chi connectivity index (χ4v) is 3.96. The lowest BCUT2D eigenvalue weighted by Crippen LogP contribution is -2.33. The number of phenolic OH excluding ortho intramolecular Hbond substituents is 1. The molecule has 1 N–H and O–H groups in total. The number of hydrogen-bond acceptors (Lipinski definition) is 4. The quantitative estimate of drug-likeness (QED) is 0.872. The van der Waals surface area contributed by atoms with Crippen molar-refractivity contribution < 1.29 is 18.3 Å². The molecule has 0 radical (unpaired) electrons. The molecule has 0 saturated carbocycles. The molecule has 1 heterocycles. The molecule has 0 fully saturated rings. The molecule has 0 atom stereocenters. The topological polar surface area (TPSA) is 63.6 Å². The third-order valence-corrected chi connectivity index (χ3v) is 6.13. The minimum absolute atomic E-state index is 0.238. The summed E-state index contributed by atoms with van der Waals surface area (Å²) in [6, 6.07) is 6.67. The first kappa shape index (κ1) is 17.8. The molecule has 1 aliphatic heterocycles. The van der Waals surface area contributed by atoms with Gasteiger partial charge in [-0.15, -0.1) is 0 Å². The lowest BCUT2D eigenvalue weighted by atomic mass is 9.85. The molecule has 0 bridgehead atoms.